The monoisotopic (exact) mass is 446 g/mol. The largest absolute Gasteiger partial charge is 0.332 e. The van der Waals surface area contributed by atoms with E-state index in [1.807, 2.05) is 18.2 Å². The molecule has 0 spiro atoms. The first kappa shape index (κ1) is 19.8. The molecule has 2 aromatic carbocycles. The minimum Gasteiger partial charge on any atom is -0.316 e. The van der Waals surface area contributed by atoms with Crippen LogP contribution in [-0.4, -0.2) is 18.7 Å². The van der Waals surface area contributed by atoms with Gasteiger partial charge in [-0.1, -0.05) is 53.2 Å². The highest BCUT2D eigenvalue weighted by Crippen LogP contribution is 2.29. The maximum atomic E-state index is 13.2. The third-order valence-corrected chi connectivity index (χ3v) is 6.30. The zero-order chi connectivity index (χ0) is 20.7. The standard InChI is InChI=1S/C20H16Cl2N4O2S/c1-24-16-17(23-19(24)29-14-9-7-13(21)8-10-14)25(2)20(28)26(18(16)27)11-12-5-3-4-6-15(12)22/h3-10H,11H2,1-2H3. The summed E-state index contributed by atoms with van der Waals surface area (Å²) in [5.41, 5.74) is 0.556. The number of aromatic nitrogens is 4. The summed E-state index contributed by atoms with van der Waals surface area (Å²) in [6.45, 7) is 0.0892. The quantitative estimate of drug-likeness (QED) is 0.476. The van der Waals surface area contributed by atoms with Crippen molar-refractivity contribution in [3.8, 4) is 0 Å². The van der Waals surface area contributed by atoms with E-state index in [1.165, 1.54) is 20.9 Å². The Kier molecular flexibility index (Phi) is 5.29. The summed E-state index contributed by atoms with van der Waals surface area (Å²) in [7, 11) is 3.37. The first-order valence-electron chi connectivity index (χ1n) is 8.70. The Morgan fingerprint density at radius 1 is 0.966 bits per heavy atom. The van der Waals surface area contributed by atoms with Crippen molar-refractivity contribution >= 4 is 46.1 Å². The van der Waals surface area contributed by atoms with E-state index >= 15 is 0 Å². The molecule has 2 aromatic heterocycles. The van der Waals surface area contributed by atoms with Crippen LogP contribution < -0.4 is 11.2 Å². The molecule has 0 fully saturated rings. The normalized spacial score (nSPS) is 11.3. The summed E-state index contributed by atoms with van der Waals surface area (Å²) < 4.78 is 4.28. The van der Waals surface area contributed by atoms with Crippen molar-refractivity contribution in [2.45, 2.75) is 16.6 Å². The van der Waals surface area contributed by atoms with E-state index in [0.29, 0.717) is 31.9 Å². The molecule has 9 heteroatoms. The van der Waals surface area contributed by atoms with Crippen molar-refractivity contribution in [1.82, 2.24) is 18.7 Å². The first-order valence-corrected chi connectivity index (χ1v) is 10.3. The van der Waals surface area contributed by atoms with Crippen LogP contribution in [0.3, 0.4) is 0 Å². The van der Waals surface area contributed by atoms with Gasteiger partial charge in [-0.05, 0) is 35.9 Å². The van der Waals surface area contributed by atoms with E-state index < -0.39 is 11.2 Å². The van der Waals surface area contributed by atoms with Crippen LogP contribution in [0.1, 0.15) is 5.56 Å². The van der Waals surface area contributed by atoms with Crippen LogP contribution in [0.4, 0.5) is 0 Å². The van der Waals surface area contributed by atoms with E-state index in [0.717, 1.165) is 4.90 Å². The third-order valence-electron chi connectivity index (χ3n) is 4.63. The molecule has 29 heavy (non-hydrogen) atoms. The molecular formula is C20H16Cl2N4O2S. The second-order valence-electron chi connectivity index (χ2n) is 6.51. The van der Waals surface area contributed by atoms with Crippen molar-refractivity contribution in [2.75, 3.05) is 0 Å². The molecule has 0 aliphatic rings. The van der Waals surface area contributed by atoms with Crippen molar-refractivity contribution in [2.24, 2.45) is 14.1 Å². The first-order chi connectivity index (χ1) is 13.9. The molecule has 0 aliphatic carbocycles. The fourth-order valence-corrected chi connectivity index (χ4v) is 4.22. The average molecular weight is 447 g/mol. The second-order valence-corrected chi connectivity index (χ2v) is 8.39. The molecule has 0 aliphatic heterocycles. The van der Waals surface area contributed by atoms with Crippen molar-refractivity contribution in [1.29, 1.82) is 0 Å². The van der Waals surface area contributed by atoms with E-state index in [9.17, 15) is 9.59 Å². The molecule has 6 nitrogen and oxygen atoms in total. The third kappa shape index (κ3) is 3.61. The summed E-state index contributed by atoms with van der Waals surface area (Å²) in [6.07, 6.45) is 0. The molecular weight excluding hydrogens is 431 g/mol. The number of nitrogens with zero attached hydrogens (tertiary/aromatic N) is 4. The van der Waals surface area contributed by atoms with Crippen molar-refractivity contribution in [3.05, 3.63) is 85.0 Å². The number of fused-ring (bicyclic) bond motifs is 1. The predicted octanol–water partition coefficient (Wildman–Crippen LogP) is 3.94. The zero-order valence-electron chi connectivity index (χ0n) is 15.6. The minimum atomic E-state index is -0.441. The number of aryl methyl sites for hydroxylation is 2. The van der Waals surface area contributed by atoms with Crippen LogP contribution in [0.2, 0.25) is 10.0 Å². The number of benzene rings is 2. The van der Waals surface area contributed by atoms with Gasteiger partial charge in [-0.25, -0.2) is 9.78 Å². The van der Waals surface area contributed by atoms with Crippen molar-refractivity contribution in [3.63, 3.8) is 0 Å². The molecule has 2 heterocycles. The summed E-state index contributed by atoms with van der Waals surface area (Å²) >= 11 is 13.6. The highest BCUT2D eigenvalue weighted by molar-refractivity contribution is 7.99. The molecule has 0 radical (unpaired) electrons. The number of hydrogen-bond donors (Lipinski definition) is 0. The van der Waals surface area contributed by atoms with Crippen LogP contribution in [0.5, 0.6) is 0 Å². The van der Waals surface area contributed by atoms with Crippen LogP contribution in [0.15, 0.2) is 68.2 Å². The molecule has 4 aromatic rings. The van der Waals surface area contributed by atoms with Gasteiger partial charge in [0.2, 0.25) is 0 Å². The SMILES string of the molecule is Cn1c(Sc2ccc(Cl)cc2)nc2c1c(=O)n(Cc1ccccc1Cl)c(=O)n2C. The Bertz CT molecular complexity index is 1340. The molecule has 0 N–H and O–H groups in total. The van der Waals surface area contributed by atoms with Crippen LogP contribution in [-0.2, 0) is 20.6 Å². The maximum absolute atomic E-state index is 13.2. The Hall–Kier alpha value is -2.48. The zero-order valence-corrected chi connectivity index (χ0v) is 17.9. The van der Waals surface area contributed by atoms with Gasteiger partial charge < -0.3 is 4.57 Å². The van der Waals surface area contributed by atoms with E-state index in [2.05, 4.69) is 4.98 Å². The molecule has 4 rings (SSSR count). The summed E-state index contributed by atoms with van der Waals surface area (Å²) in [5, 5.41) is 1.75. The molecule has 0 amide bonds. The average Bonchev–Trinajstić information content (AvgIpc) is 3.03. The fourth-order valence-electron chi connectivity index (χ4n) is 3.06. The molecule has 0 bridgehead atoms. The smallest absolute Gasteiger partial charge is 0.316 e. The minimum absolute atomic E-state index is 0.0892. The molecule has 0 saturated carbocycles. The highest BCUT2D eigenvalue weighted by atomic mass is 35.5. The lowest BCUT2D eigenvalue weighted by atomic mass is 10.2. The number of imidazole rings is 1. The number of rotatable bonds is 4. The van der Waals surface area contributed by atoms with Crippen LogP contribution in [0, 0.1) is 0 Å². The van der Waals surface area contributed by atoms with E-state index in [-0.39, 0.29) is 6.54 Å². The summed E-state index contributed by atoms with van der Waals surface area (Å²) in [6, 6.07) is 14.5. The van der Waals surface area contributed by atoms with Gasteiger partial charge in [0.15, 0.2) is 16.3 Å². The van der Waals surface area contributed by atoms with Gasteiger partial charge in [0.1, 0.15) is 0 Å². The van der Waals surface area contributed by atoms with Gasteiger partial charge in [-0.15, -0.1) is 0 Å². The van der Waals surface area contributed by atoms with Gasteiger partial charge >= 0.3 is 5.69 Å². The number of halogens is 2. The predicted molar refractivity (Wildman–Crippen MR) is 116 cm³/mol. The van der Waals surface area contributed by atoms with E-state index in [1.54, 1.807) is 49.0 Å². The Morgan fingerprint density at radius 2 is 1.66 bits per heavy atom. The fraction of sp³-hybridized carbons (Fsp3) is 0.150. The molecule has 148 valence electrons. The molecule has 0 atom stereocenters. The maximum Gasteiger partial charge on any atom is 0.332 e. The summed E-state index contributed by atoms with van der Waals surface area (Å²) in [5.74, 6) is 0. The van der Waals surface area contributed by atoms with Gasteiger partial charge in [0, 0.05) is 29.0 Å². The van der Waals surface area contributed by atoms with Gasteiger partial charge in [0.25, 0.3) is 5.56 Å². The Labute approximate surface area is 180 Å². The topological polar surface area (TPSA) is 61.8 Å². The molecule has 0 saturated heterocycles. The lowest BCUT2D eigenvalue weighted by Crippen LogP contribution is -2.39. The number of hydrogen-bond acceptors (Lipinski definition) is 4. The highest BCUT2D eigenvalue weighted by Gasteiger charge is 2.19. The van der Waals surface area contributed by atoms with Gasteiger partial charge in [0.05, 0.1) is 6.54 Å². The Morgan fingerprint density at radius 3 is 2.34 bits per heavy atom. The second kappa shape index (κ2) is 7.74. The van der Waals surface area contributed by atoms with Gasteiger partial charge in [-0.2, -0.15) is 0 Å². The lowest BCUT2D eigenvalue weighted by molar-refractivity contribution is 0.655. The van der Waals surface area contributed by atoms with Crippen molar-refractivity contribution < 1.29 is 0 Å². The van der Waals surface area contributed by atoms with Crippen LogP contribution >= 0.6 is 35.0 Å². The van der Waals surface area contributed by atoms with Crippen LogP contribution in [0.25, 0.3) is 11.2 Å². The van der Waals surface area contributed by atoms with E-state index in [4.69, 9.17) is 23.2 Å². The summed E-state index contributed by atoms with van der Waals surface area (Å²) in [4.78, 5) is 31.5. The van der Waals surface area contributed by atoms with Gasteiger partial charge in [-0.3, -0.25) is 13.9 Å². The molecule has 0 unspecified atom stereocenters. The lowest BCUT2D eigenvalue weighted by Gasteiger charge is -2.09. The Balaban J connectivity index is 1.85.